The van der Waals surface area contributed by atoms with Crippen LogP contribution in [0.25, 0.3) is 0 Å². The van der Waals surface area contributed by atoms with Gasteiger partial charge in [0.25, 0.3) is 0 Å². The van der Waals surface area contributed by atoms with Crippen molar-refractivity contribution in [1.82, 2.24) is 15.1 Å². The third-order valence-corrected chi connectivity index (χ3v) is 3.36. The summed E-state index contributed by atoms with van der Waals surface area (Å²) >= 11 is 5.34. The fourth-order valence-electron chi connectivity index (χ4n) is 2.15. The number of aryl methyl sites for hydroxylation is 1. The molecular formula is C16H17N6S+. The van der Waals surface area contributed by atoms with Gasteiger partial charge in [-0.25, -0.2) is 5.32 Å². The van der Waals surface area contributed by atoms with Gasteiger partial charge in [-0.1, -0.05) is 53.3 Å². The minimum absolute atomic E-state index is 0.471. The van der Waals surface area contributed by atoms with E-state index < -0.39 is 0 Å². The molecule has 7 heteroatoms. The van der Waals surface area contributed by atoms with Gasteiger partial charge in [0.15, 0.2) is 0 Å². The Labute approximate surface area is 139 Å². The number of rotatable bonds is 4. The number of para-hydroxylation sites is 1. The number of tetrazole rings is 1. The highest BCUT2D eigenvalue weighted by atomic mass is 32.1. The van der Waals surface area contributed by atoms with Gasteiger partial charge in [-0.3, -0.25) is 0 Å². The Bertz CT molecular complexity index is 785. The molecule has 23 heavy (non-hydrogen) atoms. The molecule has 0 aliphatic rings. The Hall–Kier alpha value is -2.80. The molecule has 0 unspecified atom stereocenters. The van der Waals surface area contributed by atoms with E-state index in [4.69, 9.17) is 12.2 Å². The zero-order chi connectivity index (χ0) is 16.1. The van der Waals surface area contributed by atoms with Crippen LogP contribution in [-0.4, -0.2) is 20.2 Å². The van der Waals surface area contributed by atoms with Gasteiger partial charge < -0.3 is 5.32 Å². The van der Waals surface area contributed by atoms with E-state index in [0.29, 0.717) is 17.6 Å². The first kappa shape index (κ1) is 15.1. The molecule has 1 aromatic heterocycles. The van der Waals surface area contributed by atoms with E-state index in [0.717, 1.165) is 11.3 Å². The number of hydrogen-bond acceptors (Lipinski definition) is 3. The second kappa shape index (κ2) is 6.97. The molecule has 1 heterocycles. The Kier molecular flexibility index (Phi) is 4.58. The molecule has 0 bridgehead atoms. The van der Waals surface area contributed by atoms with Gasteiger partial charge in [0, 0.05) is 10.9 Å². The molecule has 0 saturated carbocycles. The molecule has 2 aromatic carbocycles. The van der Waals surface area contributed by atoms with Crippen molar-refractivity contribution in [3.8, 4) is 0 Å². The molecule has 0 spiro atoms. The summed E-state index contributed by atoms with van der Waals surface area (Å²) in [5.74, 6) is 0.588. The first-order valence-corrected chi connectivity index (χ1v) is 7.60. The van der Waals surface area contributed by atoms with Crippen LogP contribution in [0.2, 0.25) is 0 Å². The SMILES string of the molecule is Cn1nc(NC(=S)Nc2ccccc2)[n+](Cc2ccccc2)n1. The summed E-state index contributed by atoms with van der Waals surface area (Å²) in [5.41, 5.74) is 2.06. The number of thiocarbonyl (C=S) groups is 1. The number of nitrogens with zero attached hydrogens (tertiary/aromatic N) is 4. The summed E-state index contributed by atoms with van der Waals surface area (Å²) in [6.07, 6.45) is 0. The molecule has 0 saturated heterocycles. The van der Waals surface area contributed by atoms with Crippen LogP contribution in [0.5, 0.6) is 0 Å². The normalized spacial score (nSPS) is 10.3. The largest absolute Gasteiger partial charge is 0.404 e. The van der Waals surface area contributed by atoms with Crippen molar-refractivity contribution >= 4 is 29.0 Å². The molecule has 2 N–H and O–H groups in total. The zero-order valence-electron chi connectivity index (χ0n) is 12.7. The smallest absolute Gasteiger partial charge is 0.323 e. The van der Waals surface area contributed by atoms with Crippen molar-refractivity contribution in [1.29, 1.82) is 0 Å². The number of hydrogen-bond donors (Lipinski definition) is 2. The van der Waals surface area contributed by atoms with Crippen LogP contribution in [0.3, 0.4) is 0 Å². The Morgan fingerprint density at radius 1 is 1.04 bits per heavy atom. The van der Waals surface area contributed by atoms with Crippen LogP contribution in [0.15, 0.2) is 60.7 Å². The van der Waals surface area contributed by atoms with E-state index in [1.807, 2.05) is 60.7 Å². The van der Waals surface area contributed by atoms with Crippen LogP contribution in [-0.2, 0) is 13.6 Å². The van der Waals surface area contributed by atoms with Crippen molar-refractivity contribution in [3.63, 3.8) is 0 Å². The summed E-state index contributed by atoms with van der Waals surface area (Å²) in [6, 6.07) is 19.8. The molecule has 0 aliphatic heterocycles. The van der Waals surface area contributed by atoms with Crippen molar-refractivity contribution < 1.29 is 4.68 Å². The van der Waals surface area contributed by atoms with Crippen LogP contribution >= 0.6 is 12.2 Å². The summed E-state index contributed by atoms with van der Waals surface area (Å²) < 4.78 is 1.77. The molecule has 0 fully saturated rings. The van der Waals surface area contributed by atoms with Crippen molar-refractivity contribution in [2.45, 2.75) is 6.54 Å². The molecular weight excluding hydrogens is 308 g/mol. The predicted molar refractivity (Wildman–Crippen MR) is 93.0 cm³/mol. The fourth-order valence-corrected chi connectivity index (χ4v) is 2.35. The molecule has 3 aromatic rings. The summed E-state index contributed by atoms with van der Waals surface area (Å²) in [4.78, 5) is 1.51. The van der Waals surface area contributed by atoms with Crippen molar-refractivity contribution in [2.75, 3.05) is 10.6 Å². The van der Waals surface area contributed by atoms with Crippen LogP contribution < -0.4 is 15.3 Å². The highest BCUT2D eigenvalue weighted by Crippen LogP contribution is 2.06. The van der Waals surface area contributed by atoms with E-state index >= 15 is 0 Å². The van der Waals surface area contributed by atoms with Crippen LogP contribution in [0, 0.1) is 0 Å². The minimum atomic E-state index is 0.471. The monoisotopic (exact) mass is 325 g/mol. The Morgan fingerprint density at radius 3 is 2.39 bits per heavy atom. The lowest BCUT2D eigenvalue weighted by Gasteiger charge is -2.05. The average Bonchev–Trinajstić information content (AvgIpc) is 2.88. The van der Waals surface area contributed by atoms with E-state index in [-0.39, 0.29) is 0 Å². The van der Waals surface area contributed by atoms with E-state index in [2.05, 4.69) is 20.9 Å². The molecule has 3 rings (SSSR count). The van der Waals surface area contributed by atoms with E-state index in [1.54, 1.807) is 11.7 Å². The highest BCUT2D eigenvalue weighted by molar-refractivity contribution is 7.80. The molecule has 0 amide bonds. The number of anilines is 2. The highest BCUT2D eigenvalue weighted by Gasteiger charge is 2.18. The molecule has 0 atom stereocenters. The van der Waals surface area contributed by atoms with Crippen molar-refractivity contribution in [3.05, 3.63) is 66.2 Å². The maximum atomic E-state index is 5.34. The standard InChI is InChI=1S/C16H16N6S/c1-21-19-15(18-16(23)17-14-10-6-3-7-11-14)22(20-21)12-13-8-4-2-5-9-13/h2-11H,12H2,1H3,(H-,17,18,19,20,23)/p+1. The topological polar surface area (TPSA) is 58.7 Å². The lowest BCUT2D eigenvalue weighted by atomic mass is 10.2. The van der Waals surface area contributed by atoms with Crippen LogP contribution in [0.1, 0.15) is 5.56 Å². The van der Waals surface area contributed by atoms with Gasteiger partial charge in [-0.05, 0) is 29.9 Å². The van der Waals surface area contributed by atoms with Gasteiger partial charge in [0.2, 0.25) is 5.11 Å². The molecule has 6 nitrogen and oxygen atoms in total. The maximum absolute atomic E-state index is 5.34. The zero-order valence-corrected chi connectivity index (χ0v) is 13.5. The minimum Gasteiger partial charge on any atom is -0.323 e. The summed E-state index contributed by atoms with van der Waals surface area (Å²) in [7, 11) is 1.78. The third-order valence-electron chi connectivity index (χ3n) is 3.15. The predicted octanol–water partition coefficient (Wildman–Crippen LogP) is 1.96. The maximum Gasteiger partial charge on any atom is 0.404 e. The first-order valence-electron chi connectivity index (χ1n) is 7.19. The van der Waals surface area contributed by atoms with Gasteiger partial charge in [0.1, 0.15) is 13.6 Å². The Morgan fingerprint density at radius 2 is 1.70 bits per heavy atom. The average molecular weight is 325 g/mol. The third kappa shape index (κ3) is 4.10. The van der Waals surface area contributed by atoms with Crippen molar-refractivity contribution in [2.24, 2.45) is 7.05 Å². The molecule has 0 aliphatic carbocycles. The Balaban J connectivity index is 1.71. The number of benzene rings is 2. The van der Waals surface area contributed by atoms with Gasteiger partial charge in [0.05, 0.1) is 5.10 Å². The van der Waals surface area contributed by atoms with Crippen LogP contribution in [0.4, 0.5) is 11.6 Å². The summed E-state index contributed by atoms with van der Waals surface area (Å²) in [5, 5.41) is 15.3. The second-order valence-corrected chi connectivity index (χ2v) is 5.40. The van der Waals surface area contributed by atoms with Gasteiger partial charge in [-0.2, -0.15) is 0 Å². The van der Waals surface area contributed by atoms with Gasteiger partial charge >= 0.3 is 5.95 Å². The number of nitrogens with one attached hydrogen (secondary N) is 2. The fraction of sp³-hybridized carbons (Fsp3) is 0.125. The molecule has 0 radical (unpaired) electrons. The lowest BCUT2D eigenvalue weighted by molar-refractivity contribution is -0.734. The molecule has 116 valence electrons. The summed E-state index contributed by atoms with van der Waals surface area (Å²) in [6.45, 7) is 0.616. The number of aromatic nitrogens is 4. The second-order valence-electron chi connectivity index (χ2n) is 4.99. The van der Waals surface area contributed by atoms with E-state index in [1.165, 1.54) is 4.80 Å². The van der Waals surface area contributed by atoms with E-state index in [9.17, 15) is 0 Å². The first-order chi connectivity index (χ1) is 11.2. The quantitative estimate of drug-likeness (QED) is 0.567. The lowest BCUT2D eigenvalue weighted by Crippen LogP contribution is -2.41. The van der Waals surface area contributed by atoms with Gasteiger partial charge in [-0.15, -0.1) is 4.68 Å².